The van der Waals surface area contributed by atoms with Gasteiger partial charge in [0, 0.05) is 43.5 Å². The van der Waals surface area contributed by atoms with Crippen LogP contribution in [-0.4, -0.2) is 15.0 Å². The Balaban J connectivity index is 1.57. The van der Waals surface area contributed by atoms with Crippen LogP contribution in [0.2, 0.25) is 5.02 Å². The van der Waals surface area contributed by atoms with Crippen LogP contribution in [0.1, 0.15) is 11.1 Å². The second-order valence-electron chi connectivity index (χ2n) is 11.2. The highest BCUT2D eigenvalue weighted by Gasteiger charge is 2.29. The van der Waals surface area contributed by atoms with Crippen molar-refractivity contribution < 1.29 is 0 Å². The molecule has 5 aromatic carbocycles. The van der Waals surface area contributed by atoms with Gasteiger partial charge in [-0.25, -0.2) is 4.98 Å². The first-order chi connectivity index (χ1) is 23.2. The van der Waals surface area contributed by atoms with Crippen LogP contribution in [0.3, 0.4) is 0 Å². The first-order valence-electron chi connectivity index (χ1n) is 15.1. The molecule has 47 heavy (non-hydrogen) atoms. The number of hydrogen-bond donors (Lipinski definition) is 2. The second kappa shape index (κ2) is 11.5. The fraction of sp³-hybridized carbons (Fsp3) is 0. The van der Waals surface area contributed by atoms with E-state index in [0.29, 0.717) is 38.7 Å². The van der Waals surface area contributed by atoms with Crippen molar-refractivity contribution in [3.05, 3.63) is 150 Å². The van der Waals surface area contributed by atoms with Gasteiger partial charge in [-0.05, 0) is 41.0 Å². The lowest BCUT2D eigenvalue weighted by atomic mass is 9.87. The molecular weight excluding hydrogens is 598 g/mol. The molecule has 5 nitrogen and oxygen atoms in total. The molecule has 0 unspecified atom stereocenters. The molecule has 0 amide bonds. The SMILES string of the molecule is N#Cc1c(-c2c(-c3ccccc3)[nH]c3ccccc23)nc(-c2c(-c3ccccc3)[nH]c3ccccc23)c(C#N)c1-c1ccc(Cl)cc1. The van der Waals surface area contributed by atoms with Crippen molar-refractivity contribution in [1.29, 1.82) is 10.5 Å². The van der Waals surface area contributed by atoms with Crippen LogP contribution >= 0.6 is 11.6 Å². The fourth-order valence-electron chi connectivity index (χ4n) is 6.49. The van der Waals surface area contributed by atoms with E-state index in [-0.39, 0.29) is 0 Å². The van der Waals surface area contributed by atoms with Crippen LogP contribution in [0.25, 0.3) is 78.0 Å². The number of nitriles is 2. The van der Waals surface area contributed by atoms with E-state index < -0.39 is 0 Å². The number of aromatic nitrogens is 3. The van der Waals surface area contributed by atoms with Crippen LogP contribution in [0.15, 0.2) is 133 Å². The van der Waals surface area contributed by atoms with E-state index in [4.69, 9.17) is 16.6 Å². The van der Waals surface area contributed by atoms with Crippen LogP contribution in [0, 0.1) is 22.7 Å². The highest BCUT2D eigenvalue weighted by molar-refractivity contribution is 6.30. The maximum atomic E-state index is 11.0. The zero-order valence-corrected chi connectivity index (χ0v) is 25.7. The van der Waals surface area contributed by atoms with Crippen molar-refractivity contribution in [2.75, 3.05) is 0 Å². The highest BCUT2D eigenvalue weighted by atomic mass is 35.5. The van der Waals surface area contributed by atoms with Gasteiger partial charge in [-0.3, -0.25) is 0 Å². The number of hydrogen-bond acceptors (Lipinski definition) is 3. The predicted molar refractivity (Wildman–Crippen MR) is 190 cm³/mol. The Morgan fingerprint density at radius 2 is 0.894 bits per heavy atom. The molecule has 0 fully saturated rings. The number of fused-ring (bicyclic) bond motifs is 2. The molecule has 0 radical (unpaired) electrons. The minimum Gasteiger partial charge on any atom is -0.354 e. The molecule has 0 saturated carbocycles. The maximum Gasteiger partial charge on any atom is 0.102 e. The molecule has 3 aromatic heterocycles. The molecule has 2 N–H and O–H groups in total. The van der Waals surface area contributed by atoms with Gasteiger partial charge in [0.25, 0.3) is 0 Å². The Bertz CT molecular complexity index is 2380. The lowest BCUT2D eigenvalue weighted by molar-refractivity contribution is 1.28. The topological polar surface area (TPSA) is 92.0 Å². The van der Waals surface area contributed by atoms with Gasteiger partial charge in [0.2, 0.25) is 0 Å². The number of nitrogens with one attached hydrogen (secondary N) is 2. The van der Waals surface area contributed by atoms with Crippen LogP contribution in [0.4, 0.5) is 0 Å². The maximum absolute atomic E-state index is 11.0. The summed E-state index contributed by atoms with van der Waals surface area (Å²) in [6.07, 6.45) is 0. The van der Waals surface area contributed by atoms with Gasteiger partial charge in [0.15, 0.2) is 0 Å². The summed E-state index contributed by atoms with van der Waals surface area (Å²) in [5, 5.41) is 24.3. The molecule has 220 valence electrons. The number of aromatic amines is 2. The summed E-state index contributed by atoms with van der Waals surface area (Å²) in [7, 11) is 0. The molecule has 0 saturated heterocycles. The fourth-order valence-corrected chi connectivity index (χ4v) is 6.61. The van der Waals surface area contributed by atoms with Gasteiger partial charge in [-0.15, -0.1) is 0 Å². The average Bonchev–Trinajstić information content (AvgIpc) is 3.71. The number of rotatable bonds is 5. The highest BCUT2D eigenvalue weighted by Crippen LogP contribution is 2.47. The number of para-hydroxylation sites is 2. The van der Waals surface area contributed by atoms with Crippen molar-refractivity contribution in [3.63, 3.8) is 0 Å². The lowest BCUT2D eigenvalue weighted by Gasteiger charge is -2.17. The second-order valence-corrected chi connectivity index (χ2v) is 11.7. The van der Waals surface area contributed by atoms with E-state index >= 15 is 0 Å². The van der Waals surface area contributed by atoms with E-state index in [9.17, 15) is 10.5 Å². The minimum absolute atomic E-state index is 0.315. The van der Waals surface area contributed by atoms with Gasteiger partial charge >= 0.3 is 0 Å². The first-order valence-corrected chi connectivity index (χ1v) is 15.5. The van der Waals surface area contributed by atoms with Crippen molar-refractivity contribution in [2.45, 2.75) is 0 Å². The standard InChI is InChI=1S/C41H24ClN5/c42-28-21-19-25(20-22-28)35-31(23-43)40(36-29-15-7-9-17-33(29)45-38(36)26-11-3-1-4-12-26)47-41(32(35)24-44)37-30-16-8-10-18-34(30)46-39(37)27-13-5-2-6-14-27/h1-22,45-46H. The molecule has 3 heterocycles. The van der Waals surface area contributed by atoms with Crippen LogP contribution < -0.4 is 0 Å². The zero-order valence-electron chi connectivity index (χ0n) is 24.9. The molecule has 0 aliphatic heterocycles. The molecule has 8 rings (SSSR count). The summed E-state index contributed by atoms with van der Waals surface area (Å²) < 4.78 is 0. The van der Waals surface area contributed by atoms with Gasteiger partial charge < -0.3 is 9.97 Å². The monoisotopic (exact) mass is 621 g/mol. The Morgan fingerprint density at radius 1 is 0.468 bits per heavy atom. The number of halogens is 1. The van der Waals surface area contributed by atoms with Gasteiger partial charge in [-0.2, -0.15) is 10.5 Å². The third kappa shape index (κ3) is 4.66. The number of H-pyrrole nitrogens is 2. The molecular formula is C41H24ClN5. The number of pyridine rings is 1. The summed E-state index contributed by atoms with van der Waals surface area (Å²) in [5.41, 5.74) is 9.87. The van der Waals surface area contributed by atoms with Crippen molar-refractivity contribution in [1.82, 2.24) is 15.0 Å². The summed E-state index contributed by atoms with van der Waals surface area (Å²) in [6, 6.07) is 48.3. The summed E-state index contributed by atoms with van der Waals surface area (Å²) in [4.78, 5) is 12.6. The van der Waals surface area contributed by atoms with E-state index in [0.717, 1.165) is 55.4 Å². The van der Waals surface area contributed by atoms with E-state index in [1.165, 1.54) is 0 Å². The molecule has 0 aliphatic rings. The van der Waals surface area contributed by atoms with E-state index in [1.54, 1.807) is 12.1 Å². The van der Waals surface area contributed by atoms with Crippen molar-refractivity contribution in [2.24, 2.45) is 0 Å². The molecule has 0 aliphatic carbocycles. The van der Waals surface area contributed by atoms with Crippen molar-refractivity contribution >= 4 is 33.4 Å². The Kier molecular flexibility index (Phi) is 6.88. The van der Waals surface area contributed by atoms with Crippen molar-refractivity contribution in [3.8, 4) is 68.3 Å². The zero-order chi connectivity index (χ0) is 31.9. The van der Waals surface area contributed by atoms with E-state index in [2.05, 4.69) is 22.1 Å². The molecule has 0 spiro atoms. The van der Waals surface area contributed by atoms with Crippen LogP contribution in [0.5, 0.6) is 0 Å². The largest absolute Gasteiger partial charge is 0.354 e. The smallest absolute Gasteiger partial charge is 0.102 e. The lowest BCUT2D eigenvalue weighted by Crippen LogP contribution is -2.03. The molecule has 8 aromatic rings. The summed E-state index contributed by atoms with van der Waals surface area (Å²) in [6.45, 7) is 0. The van der Waals surface area contributed by atoms with Gasteiger partial charge in [0.1, 0.15) is 12.1 Å². The average molecular weight is 622 g/mol. The Labute approximate surface area is 276 Å². The summed E-state index contributed by atoms with van der Waals surface area (Å²) >= 11 is 6.33. The first kappa shape index (κ1) is 28.1. The number of benzene rings is 5. The molecule has 6 heteroatoms. The van der Waals surface area contributed by atoms with Gasteiger partial charge in [-0.1, -0.05) is 121 Å². The normalized spacial score (nSPS) is 11.0. The number of nitrogens with zero attached hydrogens (tertiary/aromatic N) is 3. The van der Waals surface area contributed by atoms with Crippen LogP contribution in [-0.2, 0) is 0 Å². The van der Waals surface area contributed by atoms with E-state index in [1.807, 2.05) is 121 Å². The third-order valence-electron chi connectivity index (χ3n) is 8.56. The van der Waals surface area contributed by atoms with Gasteiger partial charge in [0.05, 0.1) is 33.9 Å². The predicted octanol–water partition coefficient (Wildman–Crippen LogP) is 10.8. The quantitative estimate of drug-likeness (QED) is 0.200. The Morgan fingerprint density at radius 3 is 1.34 bits per heavy atom. The molecule has 0 bridgehead atoms. The Hall–Kier alpha value is -6.40. The summed E-state index contributed by atoms with van der Waals surface area (Å²) in [5.74, 6) is 0. The minimum atomic E-state index is 0.315. The molecule has 0 atom stereocenters. The third-order valence-corrected chi connectivity index (χ3v) is 8.82.